The number of H-pyrrole nitrogens is 1. The van der Waals surface area contributed by atoms with E-state index in [1.54, 1.807) is 18.9 Å². The maximum Gasteiger partial charge on any atom is 0.265 e. The van der Waals surface area contributed by atoms with Gasteiger partial charge in [-0.05, 0) is 21.7 Å². The Morgan fingerprint density at radius 1 is 1.60 bits per heavy atom. The van der Waals surface area contributed by atoms with E-state index in [0.29, 0.717) is 22.6 Å². The lowest BCUT2D eigenvalue weighted by Crippen LogP contribution is -2.15. The van der Waals surface area contributed by atoms with Gasteiger partial charge in [-0.1, -0.05) is 6.92 Å². The van der Waals surface area contributed by atoms with Crippen LogP contribution in [0, 0.1) is 0 Å². The van der Waals surface area contributed by atoms with Crippen LogP contribution >= 0.6 is 27.7 Å². The summed E-state index contributed by atoms with van der Waals surface area (Å²) in [5.41, 5.74) is 0.497. The molecule has 0 amide bonds. The lowest BCUT2D eigenvalue weighted by atomic mass is 10.4. The van der Waals surface area contributed by atoms with Gasteiger partial charge in [-0.15, -0.1) is 0 Å². The molecule has 6 heteroatoms. The summed E-state index contributed by atoms with van der Waals surface area (Å²) in [6.45, 7) is 2.41. The van der Waals surface area contributed by atoms with Crippen molar-refractivity contribution in [2.75, 3.05) is 12.9 Å². The van der Waals surface area contributed by atoms with Crippen molar-refractivity contribution in [3.63, 3.8) is 0 Å². The molecule has 0 atom stereocenters. The molecular formula is C9H13BrN2O2S. The van der Waals surface area contributed by atoms with Crippen LogP contribution < -0.4 is 5.56 Å². The van der Waals surface area contributed by atoms with Crippen molar-refractivity contribution in [2.45, 2.75) is 19.3 Å². The summed E-state index contributed by atoms with van der Waals surface area (Å²) in [4.78, 5) is 18.5. The van der Waals surface area contributed by atoms with Gasteiger partial charge in [-0.25, -0.2) is 4.98 Å². The summed E-state index contributed by atoms with van der Waals surface area (Å²) < 4.78 is 5.42. The molecule has 1 aromatic heterocycles. The van der Waals surface area contributed by atoms with Crippen molar-refractivity contribution >= 4 is 27.7 Å². The van der Waals surface area contributed by atoms with E-state index in [1.807, 2.05) is 0 Å². The molecule has 0 saturated heterocycles. The van der Waals surface area contributed by atoms with Crippen molar-refractivity contribution in [1.29, 1.82) is 0 Å². The Morgan fingerprint density at radius 3 is 2.93 bits per heavy atom. The Labute approximate surface area is 101 Å². The standard InChI is InChI=1S/C9H13BrN2O2S/c1-3-15-5-7-11-6(4-14-2)8(10)9(13)12-7/h3-5H2,1-2H3,(H,11,12,13). The lowest BCUT2D eigenvalue weighted by Gasteiger charge is -2.05. The summed E-state index contributed by atoms with van der Waals surface area (Å²) in [6, 6.07) is 0. The van der Waals surface area contributed by atoms with Gasteiger partial charge in [0.1, 0.15) is 10.3 Å². The number of thioether (sulfide) groups is 1. The number of halogens is 1. The summed E-state index contributed by atoms with van der Waals surface area (Å²) in [5, 5.41) is 0. The predicted molar refractivity (Wildman–Crippen MR) is 65.1 cm³/mol. The fraction of sp³-hybridized carbons (Fsp3) is 0.556. The van der Waals surface area contributed by atoms with Crippen LogP contribution in [0.3, 0.4) is 0 Å². The van der Waals surface area contributed by atoms with Crippen LogP contribution in [0.2, 0.25) is 0 Å². The average Bonchev–Trinajstić information content (AvgIpc) is 2.22. The maximum absolute atomic E-state index is 11.5. The first-order valence-corrected chi connectivity index (χ1v) is 6.48. The van der Waals surface area contributed by atoms with Crippen LogP contribution in [0.5, 0.6) is 0 Å². The van der Waals surface area contributed by atoms with Gasteiger partial charge in [0.25, 0.3) is 5.56 Å². The number of nitrogens with one attached hydrogen (secondary N) is 1. The van der Waals surface area contributed by atoms with Gasteiger partial charge < -0.3 is 9.72 Å². The third-order valence-electron chi connectivity index (χ3n) is 1.70. The average molecular weight is 293 g/mol. The quantitative estimate of drug-likeness (QED) is 0.901. The maximum atomic E-state index is 11.5. The highest BCUT2D eigenvalue weighted by molar-refractivity contribution is 9.10. The molecule has 0 bridgehead atoms. The van der Waals surface area contributed by atoms with E-state index in [2.05, 4.69) is 32.8 Å². The van der Waals surface area contributed by atoms with Crippen molar-refractivity contribution in [1.82, 2.24) is 9.97 Å². The first kappa shape index (κ1) is 12.7. The molecule has 1 N–H and O–H groups in total. The second-order valence-corrected chi connectivity index (χ2v) is 4.91. The molecule has 0 spiro atoms. The van der Waals surface area contributed by atoms with Crippen LogP contribution in [0.15, 0.2) is 9.27 Å². The van der Waals surface area contributed by atoms with E-state index < -0.39 is 0 Å². The monoisotopic (exact) mass is 292 g/mol. The van der Waals surface area contributed by atoms with E-state index in [1.165, 1.54) is 0 Å². The highest BCUT2D eigenvalue weighted by atomic mass is 79.9. The Kier molecular flexibility index (Phi) is 5.35. The van der Waals surface area contributed by atoms with E-state index >= 15 is 0 Å². The van der Waals surface area contributed by atoms with Crippen molar-refractivity contribution in [3.8, 4) is 0 Å². The summed E-state index contributed by atoms with van der Waals surface area (Å²) in [7, 11) is 1.58. The molecule has 0 aromatic carbocycles. The SMILES string of the molecule is CCSCc1nc(COC)c(Br)c(=O)[nH]1. The second-order valence-electron chi connectivity index (χ2n) is 2.84. The number of methoxy groups -OCH3 is 1. The zero-order valence-electron chi connectivity index (χ0n) is 8.67. The molecule has 0 unspecified atom stereocenters. The summed E-state index contributed by atoms with van der Waals surface area (Å²) in [6.07, 6.45) is 0. The molecule has 1 aromatic rings. The molecule has 0 fully saturated rings. The Bertz CT molecular complexity index is 381. The van der Waals surface area contributed by atoms with Gasteiger partial charge in [-0.3, -0.25) is 4.79 Å². The van der Waals surface area contributed by atoms with Gasteiger partial charge in [0, 0.05) is 7.11 Å². The molecule has 0 aliphatic rings. The minimum atomic E-state index is -0.149. The predicted octanol–water partition coefficient (Wildman–Crippen LogP) is 1.93. The molecule has 0 radical (unpaired) electrons. The molecule has 84 valence electrons. The van der Waals surface area contributed by atoms with E-state index in [9.17, 15) is 4.79 Å². The van der Waals surface area contributed by atoms with Crippen LogP contribution in [-0.2, 0) is 17.1 Å². The topological polar surface area (TPSA) is 55.0 Å². The van der Waals surface area contributed by atoms with Gasteiger partial charge >= 0.3 is 0 Å². The minimum absolute atomic E-state index is 0.149. The number of hydrogen-bond donors (Lipinski definition) is 1. The number of aromatic amines is 1. The Balaban J connectivity index is 2.95. The fourth-order valence-electron chi connectivity index (χ4n) is 1.06. The van der Waals surface area contributed by atoms with E-state index in [4.69, 9.17) is 4.74 Å². The second kappa shape index (κ2) is 6.30. The van der Waals surface area contributed by atoms with Gasteiger partial charge in [-0.2, -0.15) is 11.8 Å². The lowest BCUT2D eigenvalue weighted by molar-refractivity contribution is 0.180. The van der Waals surface area contributed by atoms with E-state index in [0.717, 1.165) is 11.5 Å². The first-order valence-electron chi connectivity index (χ1n) is 4.53. The smallest absolute Gasteiger partial charge is 0.265 e. The molecule has 1 rings (SSSR count). The van der Waals surface area contributed by atoms with Crippen molar-refractivity contribution in [3.05, 3.63) is 26.3 Å². The fourth-order valence-corrected chi connectivity index (χ4v) is 1.89. The molecule has 1 heterocycles. The molecule has 4 nitrogen and oxygen atoms in total. The van der Waals surface area contributed by atoms with Crippen molar-refractivity contribution in [2.24, 2.45) is 0 Å². The highest BCUT2D eigenvalue weighted by Crippen LogP contribution is 2.12. The van der Waals surface area contributed by atoms with Crippen LogP contribution in [-0.4, -0.2) is 22.8 Å². The van der Waals surface area contributed by atoms with Crippen LogP contribution in [0.25, 0.3) is 0 Å². The van der Waals surface area contributed by atoms with Crippen LogP contribution in [0.4, 0.5) is 0 Å². The van der Waals surface area contributed by atoms with Gasteiger partial charge in [0.2, 0.25) is 0 Å². The molecule has 0 aliphatic heterocycles. The Morgan fingerprint density at radius 2 is 2.33 bits per heavy atom. The highest BCUT2D eigenvalue weighted by Gasteiger charge is 2.08. The summed E-state index contributed by atoms with van der Waals surface area (Å²) >= 11 is 4.90. The number of ether oxygens (including phenoxy) is 1. The number of rotatable bonds is 5. The number of nitrogens with zero attached hydrogens (tertiary/aromatic N) is 1. The van der Waals surface area contributed by atoms with Crippen LogP contribution in [0.1, 0.15) is 18.4 Å². The van der Waals surface area contributed by atoms with Gasteiger partial charge in [0.05, 0.1) is 18.1 Å². The molecule has 15 heavy (non-hydrogen) atoms. The third-order valence-corrected chi connectivity index (χ3v) is 3.41. The van der Waals surface area contributed by atoms with Gasteiger partial charge in [0.15, 0.2) is 0 Å². The normalized spacial score (nSPS) is 10.6. The minimum Gasteiger partial charge on any atom is -0.378 e. The first-order chi connectivity index (χ1) is 7.19. The largest absolute Gasteiger partial charge is 0.378 e. The molecule has 0 aliphatic carbocycles. The number of aromatic nitrogens is 2. The van der Waals surface area contributed by atoms with Crippen molar-refractivity contribution < 1.29 is 4.74 Å². The Hall–Kier alpha value is -0.330. The van der Waals surface area contributed by atoms with E-state index in [-0.39, 0.29) is 5.56 Å². The third kappa shape index (κ3) is 3.62. The number of hydrogen-bond acceptors (Lipinski definition) is 4. The molecule has 0 saturated carbocycles. The zero-order valence-corrected chi connectivity index (χ0v) is 11.1. The zero-order chi connectivity index (χ0) is 11.3. The summed E-state index contributed by atoms with van der Waals surface area (Å²) in [5.74, 6) is 2.41. The molecular weight excluding hydrogens is 280 g/mol.